The van der Waals surface area contributed by atoms with Crippen LogP contribution in [0.2, 0.25) is 10.0 Å². The summed E-state index contributed by atoms with van der Waals surface area (Å²) in [6, 6.07) is 4.17. The van der Waals surface area contributed by atoms with E-state index in [0.29, 0.717) is 0 Å². The highest BCUT2D eigenvalue weighted by molar-refractivity contribution is 6.39. The van der Waals surface area contributed by atoms with E-state index in [1.807, 2.05) is 13.8 Å². The molecule has 1 aromatic carbocycles. The summed E-state index contributed by atoms with van der Waals surface area (Å²) in [7, 11) is 0. The number of oxime groups is 1. The van der Waals surface area contributed by atoms with Crippen LogP contribution in [0.1, 0.15) is 24.2 Å². The average molecular weight is 304 g/mol. The summed E-state index contributed by atoms with van der Waals surface area (Å²) in [4.78, 5) is 12.1. The number of halogens is 2. The molecule has 1 rings (SSSR count). The Kier molecular flexibility index (Phi) is 5.44. The SMILES string of the molecule is CC(C)C(NC(=O)c1c(Cl)cccc1Cl)C(N)=NO. The number of amidine groups is 1. The van der Waals surface area contributed by atoms with Crippen LogP contribution in [0.15, 0.2) is 23.4 Å². The second-order valence-electron chi connectivity index (χ2n) is 4.32. The molecule has 0 aliphatic carbocycles. The van der Waals surface area contributed by atoms with Crippen molar-refractivity contribution in [1.82, 2.24) is 5.32 Å². The molecule has 0 saturated heterocycles. The number of nitrogens with two attached hydrogens (primary N) is 1. The third-order valence-electron chi connectivity index (χ3n) is 2.58. The van der Waals surface area contributed by atoms with Crippen LogP contribution in [0.25, 0.3) is 0 Å². The number of carbonyl (C=O) groups is 1. The Morgan fingerprint density at radius 3 is 2.32 bits per heavy atom. The van der Waals surface area contributed by atoms with E-state index in [1.165, 1.54) is 0 Å². The number of amides is 1. The van der Waals surface area contributed by atoms with Crippen LogP contribution in [-0.4, -0.2) is 23.0 Å². The fourth-order valence-corrected chi connectivity index (χ4v) is 2.14. The number of hydrogen-bond acceptors (Lipinski definition) is 3. The molecule has 7 heteroatoms. The Hall–Kier alpha value is -1.46. The fourth-order valence-electron chi connectivity index (χ4n) is 1.57. The third-order valence-corrected chi connectivity index (χ3v) is 3.21. The predicted molar refractivity (Wildman–Crippen MR) is 76.0 cm³/mol. The van der Waals surface area contributed by atoms with Gasteiger partial charge in [0.25, 0.3) is 5.91 Å². The quantitative estimate of drug-likeness (QED) is 0.345. The van der Waals surface area contributed by atoms with Crippen molar-refractivity contribution in [3.63, 3.8) is 0 Å². The monoisotopic (exact) mass is 303 g/mol. The molecule has 1 aromatic rings. The van der Waals surface area contributed by atoms with Crippen LogP contribution in [0, 0.1) is 5.92 Å². The highest BCUT2D eigenvalue weighted by atomic mass is 35.5. The van der Waals surface area contributed by atoms with Gasteiger partial charge < -0.3 is 16.3 Å². The molecule has 19 heavy (non-hydrogen) atoms. The number of nitrogens with one attached hydrogen (secondary N) is 1. The minimum absolute atomic E-state index is 0.0545. The molecule has 0 aromatic heterocycles. The first-order valence-electron chi connectivity index (χ1n) is 5.60. The molecule has 0 fully saturated rings. The number of carbonyl (C=O) groups excluding carboxylic acids is 1. The minimum atomic E-state index is -0.607. The molecule has 0 spiro atoms. The molecule has 104 valence electrons. The molecule has 0 radical (unpaired) electrons. The van der Waals surface area contributed by atoms with Gasteiger partial charge in [-0.15, -0.1) is 0 Å². The maximum Gasteiger partial charge on any atom is 0.254 e. The van der Waals surface area contributed by atoms with Crippen molar-refractivity contribution in [3.8, 4) is 0 Å². The highest BCUT2D eigenvalue weighted by Gasteiger charge is 2.23. The fraction of sp³-hybridized carbons (Fsp3) is 0.333. The van der Waals surface area contributed by atoms with E-state index in [9.17, 15) is 4.79 Å². The zero-order valence-corrected chi connectivity index (χ0v) is 12.0. The second-order valence-corrected chi connectivity index (χ2v) is 5.13. The standard InChI is InChI=1S/C12H15Cl2N3O2/c1-6(2)10(11(15)17-19)16-12(18)9-7(13)4-3-5-8(9)14/h3-6,10,19H,1-2H3,(H2,15,17)(H,16,18). The van der Waals surface area contributed by atoms with Gasteiger partial charge in [0.15, 0.2) is 5.84 Å². The normalized spacial score (nSPS) is 13.4. The maximum atomic E-state index is 12.1. The van der Waals surface area contributed by atoms with Gasteiger partial charge in [-0.2, -0.15) is 0 Å². The lowest BCUT2D eigenvalue weighted by atomic mass is 10.0. The predicted octanol–water partition coefficient (Wildman–Crippen LogP) is 2.49. The van der Waals surface area contributed by atoms with Gasteiger partial charge in [0.2, 0.25) is 0 Å². The largest absolute Gasteiger partial charge is 0.409 e. The molecule has 0 aliphatic heterocycles. The summed E-state index contributed by atoms with van der Waals surface area (Å²) in [5, 5.41) is 14.7. The van der Waals surface area contributed by atoms with Crippen LogP contribution < -0.4 is 11.1 Å². The van der Waals surface area contributed by atoms with Gasteiger partial charge in [0.05, 0.1) is 21.7 Å². The molecule has 4 N–H and O–H groups in total. The van der Waals surface area contributed by atoms with Crippen LogP contribution in [0.4, 0.5) is 0 Å². The summed E-state index contributed by atoms with van der Waals surface area (Å²) in [5.41, 5.74) is 5.71. The van der Waals surface area contributed by atoms with Gasteiger partial charge in [-0.1, -0.05) is 48.3 Å². The first-order valence-corrected chi connectivity index (χ1v) is 6.36. The van der Waals surface area contributed by atoms with Gasteiger partial charge in [-0.25, -0.2) is 0 Å². The molecule has 1 unspecified atom stereocenters. The van der Waals surface area contributed by atoms with Gasteiger partial charge in [0, 0.05) is 0 Å². The lowest BCUT2D eigenvalue weighted by Gasteiger charge is -2.21. The molecule has 1 atom stereocenters. The van der Waals surface area contributed by atoms with E-state index in [-0.39, 0.29) is 27.4 Å². The van der Waals surface area contributed by atoms with Crippen LogP contribution in [0.5, 0.6) is 0 Å². The van der Waals surface area contributed by atoms with E-state index in [2.05, 4.69) is 10.5 Å². The summed E-state index contributed by atoms with van der Waals surface area (Å²) < 4.78 is 0. The Bertz CT molecular complexity index is 483. The average Bonchev–Trinajstić information content (AvgIpc) is 2.34. The van der Waals surface area contributed by atoms with Crippen LogP contribution in [-0.2, 0) is 0 Å². The first-order chi connectivity index (χ1) is 8.88. The minimum Gasteiger partial charge on any atom is -0.409 e. The van der Waals surface area contributed by atoms with Crippen molar-refractivity contribution >= 4 is 34.9 Å². The smallest absolute Gasteiger partial charge is 0.254 e. The van der Waals surface area contributed by atoms with E-state index >= 15 is 0 Å². The summed E-state index contributed by atoms with van der Waals surface area (Å²) in [6.07, 6.45) is 0. The lowest BCUT2D eigenvalue weighted by Crippen LogP contribution is -2.48. The van der Waals surface area contributed by atoms with Crippen LogP contribution in [0.3, 0.4) is 0 Å². The van der Waals surface area contributed by atoms with Crippen molar-refractivity contribution in [3.05, 3.63) is 33.8 Å². The van der Waals surface area contributed by atoms with Gasteiger partial charge in [-0.3, -0.25) is 4.79 Å². The topological polar surface area (TPSA) is 87.7 Å². The molecule has 1 amide bonds. The van der Waals surface area contributed by atoms with Crippen molar-refractivity contribution in [1.29, 1.82) is 0 Å². The van der Waals surface area contributed by atoms with Gasteiger partial charge in [-0.05, 0) is 18.1 Å². The van der Waals surface area contributed by atoms with E-state index in [4.69, 9.17) is 34.1 Å². The molecular weight excluding hydrogens is 289 g/mol. The summed E-state index contributed by atoms with van der Waals surface area (Å²) >= 11 is 11.9. The van der Waals surface area contributed by atoms with Crippen molar-refractivity contribution < 1.29 is 10.0 Å². The molecular formula is C12H15Cl2N3O2. The second kappa shape index (κ2) is 6.63. The van der Waals surface area contributed by atoms with Crippen molar-refractivity contribution in [2.24, 2.45) is 16.8 Å². The lowest BCUT2D eigenvalue weighted by molar-refractivity contribution is 0.0939. The number of rotatable bonds is 4. The highest BCUT2D eigenvalue weighted by Crippen LogP contribution is 2.24. The number of nitrogens with zero attached hydrogens (tertiary/aromatic N) is 1. The van der Waals surface area contributed by atoms with Crippen molar-refractivity contribution in [2.75, 3.05) is 0 Å². The number of benzene rings is 1. The molecule has 0 aliphatic rings. The summed E-state index contributed by atoms with van der Waals surface area (Å²) in [6.45, 7) is 3.66. The molecule has 0 heterocycles. The number of hydrogen-bond donors (Lipinski definition) is 3. The molecule has 0 bridgehead atoms. The van der Waals surface area contributed by atoms with Crippen molar-refractivity contribution in [2.45, 2.75) is 19.9 Å². The van der Waals surface area contributed by atoms with Gasteiger partial charge in [0.1, 0.15) is 0 Å². The Balaban J connectivity index is 3.01. The van der Waals surface area contributed by atoms with Gasteiger partial charge >= 0.3 is 0 Å². The van der Waals surface area contributed by atoms with E-state index in [1.54, 1.807) is 18.2 Å². The zero-order valence-electron chi connectivity index (χ0n) is 10.5. The van der Waals surface area contributed by atoms with Crippen LogP contribution >= 0.6 is 23.2 Å². The molecule has 0 saturated carbocycles. The Morgan fingerprint density at radius 2 is 1.89 bits per heavy atom. The van der Waals surface area contributed by atoms with E-state index < -0.39 is 11.9 Å². The Morgan fingerprint density at radius 1 is 1.37 bits per heavy atom. The molecule has 5 nitrogen and oxygen atoms in total. The zero-order chi connectivity index (χ0) is 14.6. The third kappa shape index (κ3) is 3.75. The summed E-state index contributed by atoms with van der Waals surface area (Å²) in [5.74, 6) is -0.603. The first kappa shape index (κ1) is 15.6. The van der Waals surface area contributed by atoms with E-state index in [0.717, 1.165) is 0 Å². The Labute approximate surface area is 121 Å². The maximum absolute atomic E-state index is 12.1.